The quantitative estimate of drug-likeness (QED) is 0.923. The molecule has 0 spiro atoms. The van der Waals surface area contributed by atoms with Crippen LogP contribution >= 0.6 is 11.6 Å². The number of aromatic nitrogens is 2. The maximum Gasteiger partial charge on any atom is 0.225 e. The van der Waals surface area contributed by atoms with Crippen LogP contribution < -0.4 is 5.32 Å². The van der Waals surface area contributed by atoms with Crippen molar-refractivity contribution in [2.45, 2.75) is 40.8 Å². The highest BCUT2D eigenvalue weighted by Crippen LogP contribution is 2.19. The van der Waals surface area contributed by atoms with Crippen molar-refractivity contribution in [1.82, 2.24) is 15.1 Å². The van der Waals surface area contributed by atoms with Crippen molar-refractivity contribution in [1.29, 1.82) is 0 Å². The van der Waals surface area contributed by atoms with Crippen molar-refractivity contribution in [3.63, 3.8) is 0 Å². The second kappa shape index (κ2) is 6.35. The Labute approximate surface area is 129 Å². The normalized spacial score (nSPS) is 12.4. The first-order valence-electron chi connectivity index (χ1n) is 6.91. The van der Waals surface area contributed by atoms with E-state index in [0.717, 1.165) is 22.9 Å². The van der Waals surface area contributed by atoms with E-state index in [2.05, 4.69) is 10.4 Å². The molecule has 0 aromatic carbocycles. The van der Waals surface area contributed by atoms with Crippen molar-refractivity contribution < 1.29 is 9.21 Å². The molecule has 0 aliphatic heterocycles. The molecule has 0 radical (unpaired) electrons. The fraction of sp³-hybridized carbons (Fsp3) is 0.467. The smallest absolute Gasteiger partial charge is 0.225 e. The zero-order chi connectivity index (χ0) is 15.6. The lowest BCUT2D eigenvalue weighted by atomic mass is 10.1. The summed E-state index contributed by atoms with van der Waals surface area (Å²) < 4.78 is 7.20. The third-order valence-corrected chi connectivity index (χ3v) is 3.97. The lowest BCUT2D eigenvalue weighted by molar-refractivity contribution is -0.125. The molecular weight excluding hydrogens is 290 g/mol. The van der Waals surface area contributed by atoms with Crippen LogP contribution in [0.3, 0.4) is 0 Å². The van der Waals surface area contributed by atoms with Crippen LogP contribution in [0.15, 0.2) is 16.5 Å². The largest absolute Gasteiger partial charge is 0.465 e. The number of carbonyl (C=O) groups excluding carboxylic acids is 1. The average molecular weight is 310 g/mol. The van der Waals surface area contributed by atoms with Crippen molar-refractivity contribution in [3.05, 3.63) is 40.1 Å². The molecule has 2 rings (SSSR count). The van der Waals surface area contributed by atoms with Crippen LogP contribution in [0.4, 0.5) is 0 Å². The average Bonchev–Trinajstić information content (AvgIpc) is 2.96. The van der Waals surface area contributed by atoms with E-state index in [0.29, 0.717) is 18.1 Å². The molecule has 1 N–H and O–H groups in total. The molecule has 0 aliphatic rings. The van der Waals surface area contributed by atoms with Gasteiger partial charge in [-0.2, -0.15) is 5.10 Å². The number of nitrogens with one attached hydrogen (secondary N) is 1. The third-order valence-electron chi connectivity index (χ3n) is 3.42. The Kier molecular flexibility index (Phi) is 4.73. The van der Waals surface area contributed by atoms with Gasteiger partial charge in [0.15, 0.2) is 0 Å². The van der Waals surface area contributed by atoms with Crippen LogP contribution in [-0.4, -0.2) is 15.7 Å². The number of hydrogen-bond acceptors (Lipinski definition) is 3. The van der Waals surface area contributed by atoms with Gasteiger partial charge in [0.25, 0.3) is 0 Å². The topological polar surface area (TPSA) is 60.1 Å². The molecule has 114 valence electrons. The maximum atomic E-state index is 12.1. The first-order valence-corrected chi connectivity index (χ1v) is 7.28. The van der Waals surface area contributed by atoms with Gasteiger partial charge in [-0.05, 0) is 32.9 Å². The van der Waals surface area contributed by atoms with Gasteiger partial charge in [0.2, 0.25) is 5.91 Å². The summed E-state index contributed by atoms with van der Waals surface area (Å²) in [6, 6.07) is 3.74. The highest BCUT2D eigenvalue weighted by Gasteiger charge is 2.17. The predicted octanol–water partition coefficient (Wildman–Crippen LogP) is 3.01. The lowest BCUT2D eigenvalue weighted by Gasteiger charge is -2.12. The van der Waals surface area contributed by atoms with Gasteiger partial charge in [0.05, 0.1) is 35.4 Å². The molecule has 0 aliphatic carbocycles. The Morgan fingerprint density at radius 3 is 2.67 bits per heavy atom. The van der Waals surface area contributed by atoms with Crippen LogP contribution in [0.1, 0.15) is 29.8 Å². The summed E-state index contributed by atoms with van der Waals surface area (Å²) in [4.78, 5) is 12.1. The Balaban J connectivity index is 1.91. The monoisotopic (exact) mass is 309 g/mol. The number of furan rings is 1. The Morgan fingerprint density at radius 2 is 2.14 bits per heavy atom. The van der Waals surface area contributed by atoms with E-state index in [1.54, 1.807) is 4.68 Å². The lowest BCUT2D eigenvalue weighted by Crippen LogP contribution is -2.31. The molecule has 0 saturated heterocycles. The summed E-state index contributed by atoms with van der Waals surface area (Å²) in [7, 11) is 0. The minimum Gasteiger partial charge on any atom is -0.465 e. The summed E-state index contributed by atoms with van der Waals surface area (Å²) in [6.07, 6.45) is 0. The van der Waals surface area contributed by atoms with Crippen LogP contribution in [0.25, 0.3) is 0 Å². The van der Waals surface area contributed by atoms with Crippen molar-refractivity contribution in [3.8, 4) is 0 Å². The molecule has 0 saturated carbocycles. The van der Waals surface area contributed by atoms with Gasteiger partial charge < -0.3 is 9.73 Å². The zero-order valence-corrected chi connectivity index (χ0v) is 13.5. The van der Waals surface area contributed by atoms with Gasteiger partial charge in [0.1, 0.15) is 11.5 Å². The summed E-state index contributed by atoms with van der Waals surface area (Å²) in [5, 5.41) is 7.87. The first kappa shape index (κ1) is 15.6. The number of amides is 1. The number of aryl methyl sites for hydroxylation is 2. The molecular formula is C15H20ClN3O2. The van der Waals surface area contributed by atoms with E-state index in [1.807, 2.05) is 39.8 Å². The zero-order valence-electron chi connectivity index (χ0n) is 12.7. The third kappa shape index (κ3) is 3.67. The standard InChI is InChI=1S/C15H20ClN3O2/c1-9(8-19-12(4)14(16)11(3)18-19)15(20)17-7-13-6-5-10(2)21-13/h5-6,9H,7-8H2,1-4H3,(H,17,20). The SMILES string of the molecule is Cc1ccc(CNC(=O)C(C)Cn2nc(C)c(Cl)c2C)o1. The van der Waals surface area contributed by atoms with Gasteiger partial charge in [-0.1, -0.05) is 18.5 Å². The molecule has 1 amide bonds. The van der Waals surface area contributed by atoms with E-state index >= 15 is 0 Å². The van der Waals surface area contributed by atoms with Crippen LogP contribution in [-0.2, 0) is 17.9 Å². The number of halogens is 1. The molecule has 0 bridgehead atoms. The second-order valence-electron chi connectivity index (χ2n) is 5.30. The van der Waals surface area contributed by atoms with Crippen molar-refractivity contribution >= 4 is 17.5 Å². The molecule has 1 unspecified atom stereocenters. The predicted molar refractivity (Wildman–Crippen MR) is 81.2 cm³/mol. The van der Waals surface area contributed by atoms with Crippen LogP contribution in [0, 0.1) is 26.7 Å². The van der Waals surface area contributed by atoms with Gasteiger partial charge in [-0.3, -0.25) is 9.48 Å². The highest BCUT2D eigenvalue weighted by atomic mass is 35.5. The summed E-state index contributed by atoms with van der Waals surface area (Å²) >= 11 is 6.11. The fourth-order valence-electron chi connectivity index (χ4n) is 2.12. The van der Waals surface area contributed by atoms with E-state index in [4.69, 9.17) is 16.0 Å². The van der Waals surface area contributed by atoms with E-state index in [9.17, 15) is 4.79 Å². The maximum absolute atomic E-state index is 12.1. The first-order chi connectivity index (χ1) is 9.88. The molecule has 2 heterocycles. The minimum absolute atomic E-state index is 0.0345. The number of rotatable bonds is 5. The molecule has 2 aromatic rings. The second-order valence-corrected chi connectivity index (χ2v) is 5.68. The van der Waals surface area contributed by atoms with E-state index in [-0.39, 0.29) is 11.8 Å². The van der Waals surface area contributed by atoms with E-state index < -0.39 is 0 Å². The molecule has 1 atom stereocenters. The molecule has 0 fully saturated rings. The molecule has 21 heavy (non-hydrogen) atoms. The molecule has 5 nitrogen and oxygen atoms in total. The van der Waals surface area contributed by atoms with Gasteiger partial charge in [-0.25, -0.2) is 0 Å². The number of nitrogens with zero attached hydrogens (tertiary/aromatic N) is 2. The van der Waals surface area contributed by atoms with Crippen molar-refractivity contribution in [2.24, 2.45) is 5.92 Å². The fourth-order valence-corrected chi connectivity index (χ4v) is 2.26. The minimum atomic E-state index is -0.199. The van der Waals surface area contributed by atoms with Gasteiger partial charge >= 0.3 is 0 Å². The van der Waals surface area contributed by atoms with Crippen LogP contribution in [0.2, 0.25) is 5.02 Å². The summed E-state index contributed by atoms with van der Waals surface area (Å²) in [5.74, 6) is 1.36. The number of carbonyl (C=O) groups is 1. The molecule has 6 heteroatoms. The Hall–Kier alpha value is -1.75. The van der Waals surface area contributed by atoms with E-state index in [1.165, 1.54) is 0 Å². The van der Waals surface area contributed by atoms with Gasteiger partial charge in [-0.15, -0.1) is 0 Å². The van der Waals surface area contributed by atoms with Crippen LogP contribution in [0.5, 0.6) is 0 Å². The number of hydrogen-bond donors (Lipinski definition) is 1. The van der Waals surface area contributed by atoms with Gasteiger partial charge in [0, 0.05) is 0 Å². The van der Waals surface area contributed by atoms with Crippen molar-refractivity contribution in [2.75, 3.05) is 0 Å². The summed E-state index contributed by atoms with van der Waals surface area (Å²) in [5.41, 5.74) is 1.67. The Bertz CT molecular complexity index is 645. The molecule has 2 aromatic heterocycles. The Morgan fingerprint density at radius 1 is 1.43 bits per heavy atom. The highest BCUT2D eigenvalue weighted by molar-refractivity contribution is 6.31. The summed E-state index contributed by atoms with van der Waals surface area (Å²) in [6.45, 7) is 8.40.